The van der Waals surface area contributed by atoms with Gasteiger partial charge in [-0.2, -0.15) is 5.10 Å². The number of likely N-dealkylation sites (N-methyl/N-ethyl adjacent to an activating group) is 1. The Labute approximate surface area is 152 Å². The molecule has 1 N–H and O–H groups in total. The number of carbonyl (C=O) groups excluding carboxylic acids is 2. The molecule has 0 bridgehead atoms. The monoisotopic (exact) mass is 360 g/mol. The Hall–Kier alpha value is -2.61. The van der Waals surface area contributed by atoms with Crippen LogP contribution in [0.3, 0.4) is 0 Å². The number of anilines is 1. The Balaban J connectivity index is 1.51. The molecule has 3 heterocycles. The second-order valence-electron chi connectivity index (χ2n) is 6.53. The minimum atomic E-state index is -0.270. The lowest BCUT2D eigenvalue weighted by Gasteiger charge is -2.27. The van der Waals surface area contributed by atoms with Crippen molar-refractivity contribution in [3.8, 4) is 0 Å². The fourth-order valence-electron chi connectivity index (χ4n) is 2.95. The summed E-state index contributed by atoms with van der Waals surface area (Å²) in [6, 6.07) is 1.61. The van der Waals surface area contributed by atoms with E-state index in [4.69, 9.17) is 9.15 Å². The molecule has 3 rings (SSSR count). The number of aryl methyl sites for hydroxylation is 1. The van der Waals surface area contributed by atoms with E-state index in [0.29, 0.717) is 23.6 Å². The SMILES string of the molecule is Cc1occc1C(=O)Nc1cnn(CC(=O)N(C)CC2CCCCO2)c1. The molecule has 1 unspecified atom stereocenters. The lowest BCUT2D eigenvalue weighted by molar-refractivity contribution is -0.133. The predicted octanol–water partition coefficient (Wildman–Crippen LogP) is 2.06. The average Bonchev–Trinajstić information content (AvgIpc) is 3.24. The number of carbonyl (C=O) groups is 2. The van der Waals surface area contributed by atoms with Gasteiger partial charge in [0.25, 0.3) is 5.91 Å². The standard InChI is InChI=1S/C18H24N4O4/c1-13-16(6-8-25-13)18(24)20-14-9-19-22(10-14)12-17(23)21(2)11-15-5-3-4-7-26-15/h6,8-10,15H,3-5,7,11-12H2,1-2H3,(H,20,24). The van der Waals surface area contributed by atoms with E-state index in [1.807, 2.05) is 0 Å². The lowest BCUT2D eigenvalue weighted by Crippen LogP contribution is -2.38. The van der Waals surface area contributed by atoms with Crippen molar-refractivity contribution in [2.24, 2.45) is 0 Å². The predicted molar refractivity (Wildman–Crippen MR) is 94.9 cm³/mol. The van der Waals surface area contributed by atoms with Gasteiger partial charge in [-0.15, -0.1) is 0 Å². The van der Waals surface area contributed by atoms with Gasteiger partial charge in [-0.05, 0) is 32.3 Å². The van der Waals surface area contributed by atoms with Crippen LogP contribution < -0.4 is 5.32 Å². The minimum absolute atomic E-state index is 0.0502. The largest absolute Gasteiger partial charge is 0.469 e. The number of hydrogen-bond acceptors (Lipinski definition) is 5. The van der Waals surface area contributed by atoms with Gasteiger partial charge in [-0.1, -0.05) is 0 Å². The molecule has 26 heavy (non-hydrogen) atoms. The van der Waals surface area contributed by atoms with Crippen LogP contribution in [0.15, 0.2) is 29.1 Å². The van der Waals surface area contributed by atoms with Crippen LogP contribution in [-0.4, -0.2) is 52.8 Å². The van der Waals surface area contributed by atoms with Gasteiger partial charge in [0.05, 0.1) is 29.8 Å². The van der Waals surface area contributed by atoms with Crippen LogP contribution >= 0.6 is 0 Å². The molecule has 140 valence electrons. The van der Waals surface area contributed by atoms with Crippen LogP contribution in [0.25, 0.3) is 0 Å². The number of amides is 2. The molecular formula is C18H24N4O4. The first-order chi connectivity index (χ1) is 12.5. The van der Waals surface area contributed by atoms with E-state index in [9.17, 15) is 9.59 Å². The molecule has 1 atom stereocenters. The Morgan fingerprint density at radius 3 is 2.96 bits per heavy atom. The maximum atomic E-state index is 12.4. The summed E-state index contributed by atoms with van der Waals surface area (Å²) in [5.74, 6) is 0.233. The van der Waals surface area contributed by atoms with Crippen molar-refractivity contribution in [2.45, 2.75) is 38.8 Å². The molecule has 0 radical (unpaired) electrons. The third-order valence-electron chi connectivity index (χ3n) is 4.47. The van der Waals surface area contributed by atoms with E-state index in [0.717, 1.165) is 25.9 Å². The fourth-order valence-corrected chi connectivity index (χ4v) is 2.95. The third-order valence-corrected chi connectivity index (χ3v) is 4.47. The van der Waals surface area contributed by atoms with Crippen LogP contribution in [-0.2, 0) is 16.1 Å². The average molecular weight is 360 g/mol. The van der Waals surface area contributed by atoms with Crippen molar-refractivity contribution >= 4 is 17.5 Å². The fraction of sp³-hybridized carbons (Fsp3) is 0.500. The zero-order valence-corrected chi connectivity index (χ0v) is 15.1. The second-order valence-corrected chi connectivity index (χ2v) is 6.53. The molecule has 0 aliphatic carbocycles. The zero-order valence-electron chi connectivity index (χ0n) is 15.1. The van der Waals surface area contributed by atoms with Gasteiger partial charge in [0.1, 0.15) is 12.3 Å². The van der Waals surface area contributed by atoms with Crippen LogP contribution in [0.2, 0.25) is 0 Å². The summed E-state index contributed by atoms with van der Waals surface area (Å²) in [4.78, 5) is 26.2. The topological polar surface area (TPSA) is 89.6 Å². The van der Waals surface area contributed by atoms with Crippen molar-refractivity contribution in [1.82, 2.24) is 14.7 Å². The highest BCUT2D eigenvalue weighted by atomic mass is 16.5. The van der Waals surface area contributed by atoms with Crippen molar-refractivity contribution in [3.63, 3.8) is 0 Å². The molecule has 8 nitrogen and oxygen atoms in total. The Morgan fingerprint density at radius 1 is 1.42 bits per heavy atom. The molecule has 8 heteroatoms. The normalized spacial score (nSPS) is 17.1. The zero-order chi connectivity index (χ0) is 18.5. The molecule has 1 aliphatic heterocycles. The number of aromatic nitrogens is 2. The van der Waals surface area contributed by atoms with Gasteiger partial charge in [0.2, 0.25) is 5.91 Å². The van der Waals surface area contributed by atoms with Crippen molar-refractivity contribution in [2.75, 3.05) is 25.5 Å². The number of hydrogen-bond donors (Lipinski definition) is 1. The number of rotatable bonds is 6. The van der Waals surface area contributed by atoms with E-state index in [1.165, 1.54) is 17.1 Å². The van der Waals surface area contributed by atoms with E-state index >= 15 is 0 Å². The quantitative estimate of drug-likeness (QED) is 0.852. The van der Waals surface area contributed by atoms with Crippen LogP contribution in [0, 0.1) is 6.92 Å². The van der Waals surface area contributed by atoms with Gasteiger partial charge in [0.15, 0.2) is 0 Å². The minimum Gasteiger partial charge on any atom is -0.469 e. The van der Waals surface area contributed by atoms with E-state index in [-0.39, 0.29) is 24.5 Å². The van der Waals surface area contributed by atoms with Gasteiger partial charge < -0.3 is 19.4 Å². The maximum Gasteiger partial charge on any atom is 0.259 e. The summed E-state index contributed by atoms with van der Waals surface area (Å²) in [5, 5.41) is 6.89. The number of nitrogens with one attached hydrogen (secondary N) is 1. The van der Waals surface area contributed by atoms with Crippen LogP contribution in [0.1, 0.15) is 35.4 Å². The second kappa shape index (κ2) is 8.18. The first-order valence-corrected chi connectivity index (χ1v) is 8.76. The number of ether oxygens (including phenoxy) is 1. The van der Waals surface area contributed by atoms with Gasteiger partial charge >= 0.3 is 0 Å². The van der Waals surface area contributed by atoms with Crippen LogP contribution in [0.5, 0.6) is 0 Å². The number of furan rings is 1. The van der Waals surface area contributed by atoms with Crippen LogP contribution in [0.4, 0.5) is 5.69 Å². The Morgan fingerprint density at radius 2 is 2.27 bits per heavy atom. The highest BCUT2D eigenvalue weighted by molar-refractivity contribution is 6.04. The maximum absolute atomic E-state index is 12.4. The highest BCUT2D eigenvalue weighted by Gasteiger charge is 2.19. The molecule has 2 aromatic rings. The Bertz CT molecular complexity index is 761. The molecule has 1 aliphatic rings. The first-order valence-electron chi connectivity index (χ1n) is 8.76. The Kier molecular flexibility index (Phi) is 5.72. The summed E-state index contributed by atoms with van der Waals surface area (Å²) in [7, 11) is 1.77. The van der Waals surface area contributed by atoms with Crippen molar-refractivity contribution in [1.29, 1.82) is 0 Å². The van der Waals surface area contributed by atoms with Gasteiger partial charge in [-0.3, -0.25) is 14.3 Å². The molecule has 1 fully saturated rings. The third kappa shape index (κ3) is 4.51. The van der Waals surface area contributed by atoms with Crippen molar-refractivity contribution < 1.29 is 18.7 Å². The molecule has 0 aromatic carbocycles. The molecule has 0 saturated carbocycles. The van der Waals surface area contributed by atoms with Gasteiger partial charge in [-0.25, -0.2) is 0 Å². The molecule has 1 saturated heterocycles. The van der Waals surface area contributed by atoms with E-state index < -0.39 is 0 Å². The van der Waals surface area contributed by atoms with E-state index in [1.54, 1.807) is 31.1 Å². The summed E-state index contributed by atoms with van der Waals surface area (Å²) in [6.45, 7) is 3.20. The molecule has 0 spiro atoms. The number of nitrogens with zero attached hydrogens (tertiary/aromatic N) is 3. The van der Waals surface area contributed by atoms with Gasteiger partial charge in [0, 0.05) is 26.4 Å². The summed E-state index contributed by atoms with van der Waals surface area (Å²) < 4.78 is 12.3. The highest BCUT2D eigenvalue weighted by Crippen LogP contribution is 2.14. The molecule has 2 aromatic heterocycles. The first kappa shape index (κ1) is 18.2. The summed E-state index contributed by atoms with van der Waals surface area (Å²) in [6.07, 6.45) is 7.96. The summed E-state index contributed by atoms with van der Waals surface area (Å²) in [5.41, 5.74) is 1.00. The summed E-state index contributed by atoms with van der Waals surface area (Å²) >= 11 is 0. The smallest absolute Gasteiger partial charge is 0.259 e. The lowest BCUT2D eigenvalue weighted by atomic mass is 10.1. The van der Waals surface area contributed by atoms with Crippen molar-refractivity contribution in [3.05, 3.63) is 36.0 Å². The molecular weight excluding hydrogens is 336 g/mol. The van der Waals surface area contributed by atoms with E-state index in [2.05, 4.69) is 10.4 Å². The molecule has 2 amide bonds.